The molecule has 0 unspecified atom stereocenters. The molecule has 6 nitrogen and oxygen atoms in total. The fourth-order valence-corrected chi connectivity index (χ4v) is 4.58. The zero-order valence-corrected chi connectivity index (χ0v) is 19.6. The third kappa shape index (κ3) is 5.58. The van der Waals surface area contributed by atoms with Gasteiger partial charge in [-0.05, 0) is 47.9 Å². The second-order valence-electron chi connectivity index (χ2n) is 9.11. The summed E-state index contributed by atoms with van der Waals surface area (Å²) in [5.41, 5.74) is 5.45. The molecule has 3 aromatic rings. The molecule has 1 fully saturated rings. The van der Waals surface area contributed by atoms with E-state index in [2.05, 4.69) is 52.4 Å². The lowest BCUT2D eigenvalue weighted by atomic mass is 10.1. The summed E-state index contributed by atoms with van der Waals surface area (Å²) in [6, 6.07) is 22.4. The number of carbonyl (C=O) groups is 1. The van der Waals surface area contributed by atoms with Crippen molar-refractivity contribution in [2.24, 2.45) is 0 Å². The third-order valence-electron chi connectivity index (χ3n) is 6.44. The first-order valence-corrected chi connectivity index (χ1v) is 11.9. The minimum atomic E-state index is -0.0306. The molecule has 0 spiro atoms. The van der Waals surface area contributed by atoms with Gasteiger partial charge in [0.2, 0.25) is 6.79 Å². The van der Waals surface area contributed by atoms with E-state index in [1.165, 1.54) is 16.7 Å². The third-order valence-corrected chi connectivity index (χ3v) is 6.44. The van der Waals surface area contributed by atoms with Gasteiger partial charge in [-0.2, -0.15) is 0 Å². The normalized spacial score (nSPS) is 15.9. The van der Waals surface area contributed by atoms with Crippen LogP contribution in [0.15, 0.2) is 66.7 Å². The van der Waals surface area contributed by atoms with Gasteiger partial charge in [-0.1, -0.05) is 48.0 Å². The fraction of sp³-hybridized carbons (Fsp3) is 0.321. The van der Waals surface area contributed by atoms with Crippen molar-refractivity contribution in [2.45, 2.75) is 26.6 Å². The van der Waals surface area contributed by atoms with Crippen molar-refractivity contribution in [3.8, 4) is 11.5 Å². The van der Waals surface area contributed by atoms with Crippen LogP contribution in [-0.2, 0) is 19.6 Å². The average Bonchev–Trinajstić information content (AvgIpc) is 3.32. The van der Waals surface area contributed by atoms with Crippen LogP contribution in [0.3, 0.4) is 0 Å². The summed E-state index contributed by atoms with van der Waals surface area (Å²) in [6.07, 6.45) is 0. The second-order valence-corrected chi connectivity index (χ2v) is 9.11. The van der Waals surface area contributed by atoms with Crippen LogP contribution < -0.4 is 14.8 Å². The van der Waals surface area contributed by atoms with E-state index in [1.54, 1.807) is 0 Å². The lowest BCUT2D eigenvalue weighted by Gasteiger charge is -2.34. The van der Waals surface area contributed by atoms with Crippen molar-refractivity contribution in [3.63, 3.8) is 0 Å². The number of carbonyl (C=O) groups excluding carboxylic acids is 1. The quantitative estimate of drug-likeness (QED) is 0.582. The molecule has 0 atom stereocenters. The van der Waals surface area contributed by atoms with Gasteiger partial charge in [0.25, 0.3) is 5.91 Å². The fourth-order valence-electron chi connectivity index (χ4n) is 4.58. The Morgan fingerprint density at radius 3 is 2.24 bits per heavy atom. The van der Waals surface area contributed by atoms with Crippen LogP contribution in [0.25, 0.3) is 0 Å². The van der Waals surface area contributed by atoms with Gasteiger partial charge in [-0.15, -0.1) is 0 Å². The van der Waals surface area contributed by atoms with Gasteiger partial charge in [0.15, 0.2) is 11.5 Å². The van der Waals surface area contributed by atoms with Crippen LogP contribution in [0.2, 0.25) is 0 Å². The molecule has 5 rings (SSSR count). The van der Waals surface area contributed by atoms with E-state index in [1.807, 2.05) is 36.4 Å². The van der Waals surface area contributed by atoms with Gasteiger partial charge >= 0.3 is 0 Å². The molecule has 0 saturated carbocycles. The standard InChI is InChI=1S/C28H31N3O3/c1-21-4-2-5-22(14-21)17-29-28(32)25-7-3-6-23(15-25)18-30-10-12-31(13-11-30)19-24-8-9-26-27(16-24)34-20-33-26/h2-9,14-16H,10-13,17-20H2,1H3,(H,29,32). The predicted molar refractivity (Wildman–Crippen MR) is 132 cm³/mol. The number of fused-ring (bicyclic) bond motifs is 1. The first-order chi connectivity index (χ1) is 16.6. The number of hydrogen-bond donors (Lipinski definition) is 1. The Balaban J connectivity index is 1.11. The highest BCUT2D eigenvalue weighted by Crippen LogP contribution is 2.32. The molecule has 3 aromatic carbocycles. The Labute approximate surface area is 201 Å². The maximum atomic E-state index is 12.7. The summed E-state index contributed by atoms with van der Waals surface area (Å²) >= 11 is 0. The molecule has 34 heavy (non-hydrogen) atoms. The van der Waals surface area contributed by atoms with Crippen LogP contribution in [0.5, 0.6) is 11.5 Å². The van der Waals surface area contributed by atoms with Crippen molar-refractivity contribution in [1.82, 2.24) is 15.1 Å². The highest BCUT2D eigenvalue weighted by atomic mass is 16.7. The summed E-state index contributed by atoms with van der Waals surface area (Å²) in [4.78, 5) is 17.6. The van der Waals surface area contributed by atoms with Crippen LogP contribution >= 0.6 is 0 Å². The Morgan fingerprint density at radius 1 is 0.794 bits per heavy atom. The highest BCUT2D eigenvalue weighted by Gasteiger charge is 2.19. The van der Waals surface area contributed by atoms with Crippen LogP contribution in [0, 0.1) is 6.92 Å². The molecule has 0 radical (unpaired) electrons. The SMILES string of the molecule is Cc1cccc(CNC(=O)c2cccc(CN3CCN(Cc4ccc5c(c4)OCO5)CC3)c2)c1. The van der Waals surface area contributed by atoms with E-state index < -0.39 is 0 Å². The second kappa shape index (κ2) is 10.3. The Bertz CT molecular complexity index is 1160. The number of nitrogens with one attached hydrogen (secondary N) is 1. The van der Waals surface area contributed by atoms with Crippen molar-refractivity contribution < 1.29 is 14.3 Å². The summed E-state index contributed by atoms with van der Waals surface area (Å²) < 4.78 is 10.9. The average molecular weight is 458 g/mol. The first-order valence-electron chi connectivity index (χ1n) is 11.9. The van der Waals surface area contributed by atoms with E-state index in [4.69, 9.17) is 9.47 Å². The van der Waals surface area contributed by atoms with Crippen LogP contribution in [-0.4, -0.2) is 48.7 Å². The number of aryl methyl sites for hydroxylation is 1. The molecule has 176 valence electrons. The summed E-state index contributed by atoms with van der Waals surface area (Å²) in [5, 5.41) is 3.04. The van der Waals surface area contributed by atoms with Gasteiger partial charge in [0.05, 0.1) is 0 Å². The van der Waals surface area contributed by atoms with E-state index in [0.717, 1.165) is 56.3 Å². The predicted octanol–water partition coefficient (Wildman–Crippen LogP) is 3.97. The zero-order chi connectivity index (χ0) is 23.3. The molecule has 0 aliphatic carbocycles. The number of rotatable bonds is 7. The number of piperazine rings is 1. The maximum Gasteiger partial charge on any atom is 0.251 e. The van der Waals surface area contributed by atoms with Gasteiger partial charge in [-0.25, -0.2) is 0 Å². The zero-order valence-electron chi connectivity index (χ0n) is 19.6. The van der Waals surface area contributed by atoms with Crippen molar-refractivity contribution in [1.29, 1.82) is 0 Å². The summed E-state index contributed by atoms with van der Waals surface area (Å²) in [5.74, 6) is 1.65. The van der Waals surface area contributed by atoms with Crippen molar-refractivity contribution >= 4 is 5.91 Å². The number of benzene rings is 3. The molecule has 6 heteroatoms. The molecule has 2 aliphatic rings. The van der Waals surface area contributed by atoms with E-state index in [9.17, 15) is 4.79 Å². The van der Waals surface area contributed by atoms with E-state index in [0.29, 0.717) is 18.9 Å². The summed E-state index contributed by atoms with van der Waals surface area (Å²) in [6.45, 7) is 8.74. The maximum absolute atomic E-state index is 12.7. The Hall–Kier alpha value is -3.35. The van der Waals surface area contributed by atoms with Crippen LogP contribution in [0.4, 0.5) is 0 Å². The molecule has 2 aliphatic heterocycles. The van der Waals surface area contributed by atoms with Crippen molar-refractivity contribution in [3.05, 3.63) is 94.5 Å². The van der Waals surface area contributed by atoms with Gasteiger partial charge < -0.3 is 14.8 Å². The minimum Gasteiger partial charge on any atom is -0.454 e. The van der Waals surface area contributed by atoms with E-state index in [-0.39, 0.29) is 5.91 Å². The number of ether oxygens (including phenoxy) is 2. The molecule has 2 heterocycles. The van der Waals surface area contributed by atoms with Crippen LogP contribution in [0.1, 0.15) is 32.6 Å². The molecule has 0 bridgehead atoms. The van der Waals surface area contributed by atoms with Gasteiger partial charge in [0.1, 0.15) is 0 Å². The van der Waals surface area contributed by atoms with E-state index >= 15 is 0 Å². The molecule has 1 saturated heterocycles. The minimum absolute atomic E-state index is 0.0306. The van der Waals surface area contributed by atoms with Crippen molar-refractivity contribution in [2.75, 3.05) is 33.0 Å². The van der Waals surface area contributed by atoms with Gasteiger partial charge in [-0.3, -0.25) is 14.6 Å². The molecule has 1 N–H and O–H groups in total. The smallest absolute Gasteiger partial charge is 0.251 e. The molecular weight excluding hydrogens is 426 g/mol. The number of hydrogen-bond acceptors (Lipinski definition) is 5. The summed E-state index contributed by atoms with van der Waals surface area (Å²) in [7, 11) is 0. The lowest BCUT2D eigenvalue weighted by Crippen LogP contribution is -2.45. The molecule has 0 aromatic heterocycles. The lowest BCUT2D eigenvalue weighted by molar-refractivity contribution is 0.0950. The number of nitrogens with zero attached hydrogens (tertiary/aromatic N) is 2. The Kier molecular flexibility index (Phi) is 6.79. The van der Waals surface area contributed by atoms with Gasteiger partial charge in [0, 0.05) is 51.4 Å². The molecular formula is C28H31N3O3. The number of amides is 1. The Morgan fingerprint density at radius 2 is 1.47 bits per heavy atom. The molecule has 1 amide bonds. The first kappa shape index (κ1) is 22.4. The highest BCUT2D eigenvalue weighted by molar-refractivity contribution is 5.94. The largest absolute Gasteiger partial charge is 0.454 e. The monoisotopic (exact) mass is 457 g/mol. The topological polar surface area (TPSA) is 54.0 Å².